The van der Waals surface area contributed by atoms with Crippen molar-refractivity contribution in [1.82, 2.24) is 5.32 Å². The van der Waals surface area contributed by atoms with E-state index in [2.05, 4.69) is 16.4 Å². The van der Waals surface area contributed by atoms with E-state index in [1.165, 1.54) is 0 Å². The Morgan fingerprint density at radius 3 is 3.15 bits per heavy atom. The predicted octanol–water partition coefficient (Wildman–Crippen LogP) is -0.00972. The minimum absolute atomic E-state index is 0.647. The average molecular weight is 169 g/mol. The molecule has 0 saturated heterocycles. The van der Waals surface area contributed by atoms with Crippen LogP contribution in [-0.2, 0) is 0 Å². The first kappa shape index (κ1) is 7.56. The molecule has 1 aromatic carbocycles. The Morgan fingerprint density at radius 2 is 2.31 bits per heavy atom. The van der Waals surface area contributed by atoms with Gasteiger partial charge in [-0.05, 0) is 18.2 Å². The van der Waals surface area contributed by atoms with Crippen LogP contribution in [-0.4, -0.2) is 0 Å². The van der Waals surface area contributed by atoms with Gasteiger partial charge in [0.05, 0.1) is 17.0 Å². The maximum absolute atomic E-state index is 8.68. The summed E-state index contributed by atoms with van der Waals surface area (Å²) in [5, 5.41) is 13.4. The molecule has 1 N–H and O–H groups in total. The first-order chi connectivity index (χ1) is 6.40. The highest BCUT2D eigenvalue weighted by molar-refractivity contribution is 5.34. The fraction of sp³-hybridized carbons (Fsp3) is 0. The molecule has 0 saturated carbocycles. The summed E-state index contributed by atoms with van der Waals surface area (Å²) in [4.78, 5) is 4.18. The van der Waals surface area contributed by atoms with Crippen molar-refractivity contribution in [1.29, 1.82) is 5.26 Å². The molecular weight excluding hydrogens is 162 g/mol. The van der Waals surface area contributed by atoms with E-state index in [-0.39, 0.29) is 0 Å². The standard InChI is InChI=1S/C10H7N3/c11-6-8-1-2-10-9(5-8)7-12-3-4-13-10/h1-5,7,12H. The maximum Gasteiger partial charge on any atom is 0.0991 e. The maximum atomic E-state index is 8.68. The van der Waals surface area contributed by atoms with E-state index in [0.717, 1.165) is 10.6 Å². The molecule has 0 fully saturated rings. The molecule has 3 nitrogen and oxygen atoms in total. The summed E-state index contributed by atoms with van der Waals surface area (Å²) in [6, 6.07) is 7.49. The molecule has 1 aliphatic heterocycles. The van der Waals surface area contributed by atoms with Crippen LogP contribution >= 0.6 is 0 Å². The third-order valence-corrected chi connectivity index (χ3v) is 1.78. The zero-order valence-electron chi connectivity index (χ0n) is 6.86. The molecule has 1 aliphatic rings. The molecule has 0 spiro atoms. The van der Waals surface area contributed by atoms with E-state index in [0.29, 0.717) is 5.56 Å². The van der Waals surface area contributed by atoms with Gasteiger partial charge in [0, 0.05) is 23.8 Å². The molecule has 0 atom stereocenters. The molecule has 0 bridgehead atoms. The number of nitrogens with zero attached hydrogens (tertiary/aromatic N) is 2. The van der Waals surface area contributed by atoms with Crippen LogP contribution in [0.5, 0.6) is 0 Å². The summed E-state index contributed by atoms with van der Waals surface area (Å²) >= 11 is 0. The van der Waals surface area contributed by atoms with Gasteiger partial charge in [0.1, 0.15) is 0 Å². The van der Waals surface area contributed by atoms with Crippen molar-refractivity contribution >= 4 is 6.20 Å². The number of nitriles is 1. The average Bonchev–Trinajstić information content (AvgIpc) is 2.41. The highest BCUT2D eigenvalue weighted by Gasteiger charge is 1.92. The molecule has 62 valence electrons. The highest BCUT2D eigenvalue weighted by Crippen LogP contribution is 1.87. The Labute approximate surface area is 75.3 Å². The van der Waals surface area contributed by atoms with Gasteiger partial charge in [-0.15, -0.1) is 0 Å². The van der Waals surface area contributed by atoms with Crippen LogP contribution in [0.25, 0.3) is 6.20 Å². The zero-order valence-corrected chi connectivity index (χ0v) is 6.86. The molecular formula is C10H7N3. The molecule has 1 heterocycles. The third-order valence-electron chi connectivity index (χ3n) is 1.78. The van der Waals surface area contributed by atoms with Crippen LogP contribution in [0.15, 0.2) is 35.6 Å². The summed E-state index contributed by atoms with van der Waals surface area (Å²) in [7, 11) is 0. The van der Waals surface area contributed by atoms with Crippen molar-refractivity contribution in [3.8, 4) is 6.07 Å². The molecule has 0 aliphatic carbocycles. The van der Waals surface area contributed by atoms with Gasteiger partial charge in [0.2, 0.25) is 0 Å². The molecule has 0 unspecified atom stereocenters. The molecule has 0 radical (unpaired) electrons. The highest BCUT2D eigenvalue weighted by atomic mass is 14.8. The Kier molecular flexibility index (Phi) is 1.81. The van der Waals surface area contributed by atoms with E-state index in [1.54, 1.807) is 24.5 Å². The fourth-order valence-electron chi connectivity index (χ4n) is 1.16. The monoisotopic (exact) mass is 169 g/mol. The zero-order chi connectivity index (χ0) is 9.10. The Morgan fingerprint density at radius 1 is 1.38 bits per heavy atom. The first-order valence-corrected chi connectivity index (χ1v) is 3.89. The van der Waals surface area contributed by atoms with Crippen LogP contribution < -0.4 is 15.9 Å². The van der Waals surface area contributed by atoms with E-state index in [1.807, 2.05) is 12.3 Å². The third kappa shape index (κ3) is 1.42. The van der Waals surface area contributed by atoms with Crippen molar-refractivity contribution in [2.45, 2.75) is 0 Å². The van der Waals surface area contributed by atoms with Crippen molar-refractivity contribution in [3.05, 3.63) is 46.7 Å². The second-order valence-corrected chi connectivity index (χ2v) is 2.64. The lowest BCUT2D eigenvalue weighted by Gasteiger charge is -1.89. The van der Waals surface area contributed by atoms with Crippen LogP contribution in [0.2, 0.25) is 0 Å². The van der Waals surface area contributed by atoms with Crippen LogP contribution in [0.4, 0.5) is 0 Å². The molecule has 13 heavy (non-hydrogen) atoms. The Bertz CT molecular complexity index is 506. The van der Waals surface area contributed by atoms with Gasteiger partial charge in [-0.25, -0.2) is 0 Å². The van der Waals surface area contributed by atoms with E-state index in [9.17, 15) is 0 Å². The second-order valence-electron chi connectivity index (χ2n) is 2.64. The largest absolute Gasteiger partial charge is 0.366 e. The van der Waals surface area contributed by atoms with Gasteiger partial charge in [-0.1, -0.05) is 0 Å². The fourth-order valence-corrected chi connectivity index (χ4v) is 1.16. The predicted molar refractivity (Wildman–Crippen MR) is 48.7 cm³/mol. The van der Waals surface area contributed by atoms with Gasteiger partial charge >= 0.3 is 0 Å². The van der Waals surface area contributed by atoms with Gasteiger partial charge in [0.25, 0.3) is 0 Å². The lowest BCUT2D eigenvalue weighted by molar-refractivity contribution is 1.27. The van der Waals surface area contributed by atoms with Gasteiger partial charge in [0.15, 0.2) is 0 Å². The summed E-state index contributed by atoms with van der Waals surface area (Å²) in [6.45, 7) is 0. The first-order valence-electron chi connectivity index (χ1n) is 3.89. The van der Waals surface area contributed by atoms with Gasteiger partial charge in [-0.3, -0.25) is 4.99 Å². The Balaban J connectivity index is 2.75. The van der Waals surface area contributed by atoms with E-state index in [4.69, 9.17) is 5.26 Å². The molecule has 0 amide bonds. The summed E-state index contributed by atoms with van der Waals surface area (Å²) < 4.78 is 0. The van der Waals surface area contributed by atoms with E-state index < -0.39 is 0 Å². The van der Waals surface area contributed by atoms with Crippen molar-refractivity contribution in [2.75, 3.05) is 0 Å². The van der Waals surface area contributed by atoms with Gasteiger partial charge in [-0.2, -0.15) is 5.26 Å². The van der Waals surface area contributed by atoms with Gasteiger partial charge < -0.3 is 5.32 Å². The minimum Gasteiger partial charge on any atom is -0.366 e. The number of hydrogen-bond acceptors (Lipinski definition) is 3. The number of benzene rings is 1. The molecule has 2 rings (SSSR count). The Hall–Kier alpha value is -2.08. The van der Waals surface area contributed by atoms with Crippen molar-refractivity contribution < 1.29 is 0 Å². The number of hydrogen-bond donors (Lipinski definition) is 1. The minimum atomic E-state index is 0.647. The summed E-state index contributed by atoms with van der Waals surface area (Å²) in [6.07, 6.45) is 5.25. The van der Waals surface area contributed by atoms with Crippen LogP contribution in [0, 0.1) is 11.3 Å². The lowest BCUT2D eigenvalue weighted by Crippen LogP contribution is -2.25. The SMILES string of the molecule is N#Cc1ccc2c(c1)=CNC=CN=2. The van der Waals surface area contributed by atoms with Crippen molar-refractivity contribution in [3.63, 3.8) is 0 Å². The molecule has 0 aromatic heterocycles. The summed E-state index contributed by atoms with van der Waals surface area (Å²) in [5.41, 5.74) is 0.647. The lowest BCUT2D eigenvalue weighted by atomic mass is 10.2. The normalized spacial score (nSPS) is 12.5. The van der Waals surface area contributed by atoms with Crippen molar-refractivity contribution in [2.24, 2.45) is 4.99 Å². The molecule has 1 aromatic rings. The second kappa shape index (κ2) is 3.11. The van der Waals surface area contributed by atoms with E-state index >= 15 is 0 Å². The number of nitrogens with one attached hydrogen (secondary N) is 1. The smallest absolute Gasteiger partial charge is 0.0991 e. The number of rotatable bonds is 0. The van der Waals surface area contributed by atoms with Crippen LogP contribution in [0.3, 0.4) is 0 Å². The quantitative estimate of drug-likeness (QED) is 0.593. The summed E-state index contributed by atoms with van der Waals surface area (Å²) in [5.74, 6) is 0. The van der Waals surface area contributed by atoms with Crippen LogP contribution in [0.1, 0.15) is 5.56 Å². The number of fused-ring (bicyclic) bond motifs is 1. The molecule has 3 heteroatoms. The topological polar surface area (TPSA) is 48.2 Å².